The molecule has 0 saturated heterocycles. The van der Waals surface area contributed by atoms with Gasteiger partial charge in [-0.1, -0.05) is 22.8 Å². The molecule has 0 spiro atoms. The van der Waals surface area contributed by atoms with Gasteiger partial charge in [-0.05, 0) is 6.42 Å². The number of halogens is 1. The molecule has 0 fully saturated rings. The third kappa shape index (κ3) is 2.36. The Morgan fingerprint density at radius 1 is 1.45 bits per heavy atom. The Balaban J connectivity index is 1.97. The van der Waals surface area contributed by atoms with Crippen LogP contribution in [0.3, 0.4) is 0 Å². The van der Waals surface area contributed by atoms with E-state index in [1.807, 2.05) is 10.8 Å². The van der Waals surface area contributed by atoms with E-state index in [1.165, 1.54) is 0 Å². The maximum absolute atomic E-state index is 6.47. The number of nitrogens with zero attached hydrogens (tertiary/aromatic N) is 5. The number of fused-ring (bicyclic) bond motifs is 1. The molecule has 0 saturated carbocycles. The molecule has 2 aromatic heterocycles. The van der Waals surface area contributed by atoms with Crippen molar-refractivity contribution in [2.24, 2.45) is 0 Å². The monoisotopic (exact) mass is 293 g/mol. The van der Waals surface area contributed by atoms with E-state index in [0.717, 1.165) is 38.3 Å². The maximum Gasteiger partial charge on any atom is 0.224 e. The molecule has 106 valence electrons. The highest BCUT2D eigenvalue weighted by Gasteiger charge is 2.24. The fraction of sp³-hybridized carbons (Fsp3) is 0.462. The number of hydrogen-bond donors (Lipinski definition) is 0. The van der Waals surface area contributed by atoms with Crippen LogP contribution in [0, 0.1) is 6.92 Å². The van der Waals surface area contributed by atoms with Crippen LogP contribution < -0.4 is 0 Å². The van der Waals surface area contributed by atoms with Crippen LogP contribution in [-0.2, 0) is 13.1 Å². The summed E-state index contributed by atoms with van der Waals surface area (Å²) in [7, 11) is 0. The zero-order valence-corrected chi connectivity index (χ0v) is 12.1. The quantitative estimate of drug-likeness (QED) is 0.813. The highest BCUT2D eigenvalue weighted by Crippen LogP contribution is 2.30. The Bertz CT molecular complexity index is 633. The smallest absolute Gasteiger partial charge is 0.224 e. The van der Waals surface area contributed by atoms with E-state index in [2.05, 4.69) is 26.7 Å². The standard InChI is InChI=1S/C13H16ClN5O/c1-3-5-18-6-4-7-19-10(8-18)11(14)12(16-19)13-15-9(2)20-17-13/h3H,1,4-8H2,2H3. The van der Waals surface area contributed by atoms with Crippen molar-refractivity contribution in [2.45, 2.75) is 26.4 Å². The largest absolute Gasteiger partial charge is 0.339 e. The molecule has 0 atom stereocenters. The van der Waals surface area contributed by atoms with E-state index in [9.17, 15) is 0 Å². The zero-order valence-electron chi connectivity index (χ0n) is 11.3. The first-order valence-corrected chi connectivity index (χ1v) is 6.96. The molecule has 3 rings (SSSR count). The average molecular weight is 294 g/mol. The number of hydrogen-bond acceptors (Lipinski definition) is 5. The second-order valence-corrected chi connectivity index (χ2v) is 5.22. The molecule has 0 radical (unpaired) electrons. The van der Waals surface area contributed by atoms with Gasteiger partial charge >= 0.3 is 0 Å². The van der Waals surface area contributed by atoms with Crippen LogP contribution in [0.15, 0.2) is 17.2 Å². The molecule has 0 aromatic carbocycles. The van der Waals surface area contributed by atoms with Gasteiger partial charge in [0.25, 0.3) is 0 Å². The SMILES string of the molecule is C=CCN1CCCn2nc(-c3noc(C)n3)c(Cl)c2C1. The number of aryl methyl sites for hydroxylation is 2. The van der Waals surface area contributed by atoms with Crippen molar-refractivity contribution >= 4 is 11.6 Å². The molecular weight excluding hydrogens is 278 g/mol. The Labute approximate surface area is 122 Å². The summed E-state index contributed by atoms with van der Waals surface area (Å²) >= 11 is 6.47. The minimum Gasteiger partial charge on any atom is -0.339 e. The minimum absolute atomic E-state index is 0.448. The minimum atomic E-state index is 0.448. The summed E-state index contributed by atoms with van der Waals surface area (Å²) in [6, 6.07) is 0. The highest BCUT2D eigenvalue weighted by molar-refractivity contribution is 6.33. The molecule has 7 heteroatoms. The lowest BCUT2D eigenvalue weighted by Crippen LogP contribution is -2.23. The molecule has 0 bridgehead atoms. The molecule has 0 N–H and O–H groups in total. The summed E-state index contributed by atoms with van der Waals surface area (Å²) in [5.41, 5.74) is 1.60. The Morgan fingerprint density at radius 2 is 2.30 bits per heavy atom. The lowest BCUT2D eigenvalue weighted by Gasteiger charge is -2.16. The van der Waals surface area contributed by atoms with Crippen molar-refractivity contribution in [1.82, 2.24) is 24.8 Å². The van der Waals surface area contributed by atoms with E-state index in [0.29, 0.717) is 22.4 Å². The Hall–Kier alpha value is -1.66. The molecule has 3 heterocycles. The Morgan fingerprint density at radius 3 is 3.00 bits per heavy atom. The average Bonchev–Trinajstić information content (AvgIpc) is 2.90. The van der Waals surface area contributed by atoms with Crippen molar-refractivity contribution in [1.29, 1.82) is 0 Å². The summed E-state index contributed by atoms with van der Waals surface area (Å²) < 4.78 is 6.95. The summed E-state index contributed by atoms with van der Waals surface area (Å²) in [4.78, 5) is 6.49. The van der Waals surface area contributed by atoms with Gasteiger partial charge in [-0.3, -0.25) is 9.58 Å². The maximum atomic E-state index is 6.47. The Kier molecular flexibility index (Phi) is 3.58. The number of rotatable bonds is 3. The van der Waals surface area contributed by atoms with Crippen molar-refractivity contribution in [3.63, 3.8) is 0 Å². The van der Waals surface area contributed by atoms with E-state index in [4.69, 9.17) is 16.1 Å². The zero-order chi connectivity index (χ0) is 14.1. The van der Waals surface area contributed by atoms with Crippen molar-refractivity contribution in [3.05, 3.63) is 29.3 Å². The lowest BCUT2D eigenvalue weighted by molar-refractivity contribution is 0.299. The van der Waals surface area contributed by atoms with Crippen molar-refractivity contribution < 1.29 is 4.52 Å². The van der Waals surface area contributed by atoms with Gasteiger partial charge in [0.15, 0.2) is 5.69 Å². The first-order chi connectivity index (χ1) is 9.69. The van der Waals surface area contributed by atoms with Gasteiger partial charge < -0.3 is 4.52 Å². The predicted octanol–water partition coefficient (Wildman–Crippen LogP) is 2.29. The van der Waals surface area contributed by atoms with Crippen molar-refractivity contribution in [2.75, 3.05) is 13.1 Å². The molecule has 6 nitrogen and oxygen atoms in total. The van der Waals surface area contributed by atoms with Gasteiger partial charge in [0.05, 0.1) is 10.7 Å². The van der Waals surface area contributed by atoms with Gasteiger partial charge in [0.2, 0.25) is 11.7 Å². The third-order valence-electron chi connectivity index (χ3n) is 3.34. The third-order valence-corrected chi connectivity index (χ3v) is 3.74. The van der Waals surface area contributed by atoms with Crippen LogP contribution in [0.2, 0.25) is 5.02 Å². The van der Waals surface area contributed by atoms with Gasteiger partial charge in [0.1, 0.15) is 0 Å². The van der Waals surface area contributed by atoms with Crippen LogP contribution in [0.5, 0.6) is 0 Å². The molecule has 0 amide bonds. The van der Waals surface area contributed by atoms with Crippen LogP contribution in [0.25, 0.3) is 11.5 Å². The van der Waals surface area contributed by atoms with E-state index in [1.54, 1.807) is 6.92 Å². The highest BCUT2D eigenvalue weighted by atomic mass is 35.5. The van der Waals surface area contributed by atoms with Gasteiger partial charge in [-0.15, -0.1) is 6.58 Å². The number of aromatic nitrogens is 4. The normalized spacial score (nSPS) is 15.9. The fourth-order valence-electron chi connectivity index (χ4n) is 2.42. The molecule has 0 aliphatic carbocycles. The lowest BCUT2D eigenvalue weighted by atomic mass is 10.3. The second-order valence-electron chi connectivity index (χ2n) is 4.85. The van der Waals surface area contributed by atoms with E-state index < -0.39 is 0 Å². The second kappa shape index (κ2) is 5.38. The summed E-state index contributed by atoms with van der Waals surface area (Å²) in [6.07, 6.45) is 2.94. The molecule has 1 aliphatic rings. The molecule has 2 aromatic rings. The molecule has 20 heavy (non-hydrogen) atoms. The molecule has 1 aliphatic heterocycles. The van der Waals surface area contributed by atoms with Gasteiger partial charge in [0, 0.05) is 33.1 Å². The van der Waals surface area contributed by atoms with E-state index in [-0.39, 0.29) is 0 Å². The fourth-order valence-corrected chi connectivity index (χ4v) is 2.70. The van der Waals surface area contributed by atoms with Crippen LogP contribution >= 0.6 is 11.6 Å². The van der Waals surface area contributed by atoms with E-state index >= 15 is 0 Å². The van der Waals surface area contributed by atoms with Crippen LogP contribution in [0.4, 0.5) is 0 Å². The molecule has 0 unspecified atom stereocenters. The predicted molar refractivity (Wildman–Crippen MR) is 75.4 cm³/mol. The topological polar surface area (TPSA) is 60.0 Å². The van der Waals surface area contributed by atoms with Gasteiger partial charge in [-0.2, -0.15) is 10.1 Å². The van der Waals surface area contributed by atoms with Gasteiger partial charge in [-0.25, -0.2) is 0 Å². The van der Waals surface area contributed by atoms with Crippen molar-refractivity contribution in [3.8, 4) is 11.5 Å². The first kappa shape index (κ1) is 13.3. The summed E-state index contributed by atoms with van der Waals surface area (Å²) in [6.45, 7) is 9.00. The summed E-state index contributed by atoms with van der Waals surface area (Å²) in [5, 5.41) is 9.04. The molecular formula is C13H16ClN5O. The first-order valence-electron chi connectivity index (χ1n) is 6.58. The van der Waals surface area contributed by atoms with Crippen LogP contribution in [0.1, 0.15) is 18.0 Å². The van der Waals surface area contributed by atoms with Crippen LogP contribution in [-0.4, -0.2) is 37.9 Å². The summed E-state index contributed by atoms with van der Waals surface area (Å²) in [5.74, 6) is 0.955.